The van der Waals surface area contributed by atoms with Crippen molar-refractivity contribution in [3.05, 3.63) is 28.8 Å². The summed E-state index contributed by atoms with van der Waals surface area (Å²) >= 11 is 5.87. The lowest BCUT2D eigenvalue weighted by molar-refractivity contribution is 0.0696. The summed E-state index contributed by atoms with van der Waals surface area (Å²) in [5, 5.41) is 8.94. The molecule has 2 N–H and O–H groups in total. The van der Waals surface area contributed by atoms with Gasteiger partial charge in [0.25, 0.3) is 0 Å². The number of sulfonamides is 1. The zero-order chi connectivity index (χ0) is 14.9. The van der Waals surface area contributed by atoms with Crippen molar-refractivity contribution in [3.8, 4) is 0 Å². The first-order valence-corrected chi connectivity index (χ1v) is 8.26. The van der Waals surface area contributed by atoms with Gasteiger partial charge in [-0.15, -0.1) is 0 Å². The lowest BCUT2D eigenvalue weighted by Gasteiger charge is -2.09. The predicted molar refractivity (Wildman–Crippen MR) is 75.5 cm³/mol. The number of benzene rings is 1. The van der Waals surface area contributed by atoms with Crippen LogP contribution in [0.2, 0.25) is 5.02 Å². The summed E-state index contributed by atoms with van der Waals surface area (Å²) in [7, 11) is -3.78. The minimum atomic E-state index is -3.78. The number of carbonyl (C=O) groups is 1. The molecule has 0 radical (unpaired) electrons. The van der Waals surface area contributed by atoms with E-state index in [1.807, 2.05) is 0 Å². The second kappa shape index (κ2) is 5.71. The van der Waals surface area contributed by atoms with E-state index in [9.17, 15) is 13.2 Å². The minimum absolute atomic E-state index is 0.0233. The minimum Gasteiger partial charge on any atom is -0.478 e. The van der Waals surface area contributed by atoms with Gasteiger partial charge in [0.15, 0.2) is 0 Å². The van der Waals surface area contributed by atoms with Crippen LogP contribution in [0.3, 0.4) is 0 Å². The van der Waals surface area contributed by atoms with Crippen LogP contribution in [0.4, 0.5) is 0 Å². The van der Waals surface area contributed by atoms with Gasteiger partial charge < -0.3 is 5.11 Å². The molecular formula is C13H16ClNO4S. The molecule has 0 saturated heterocycles. The lowest BCUT2D eigenvalue weighted by atomic mass is 10.2. The molecule has 0 spiro atoms. The molecule has 7 heteroatoms. The zero-order valence-electron chi connectivity index (χ0n) is 11.0. The number of carboxylic acid groups (broad SMARTS) is 1. The normalized spacial score (nSPS) is 21.7. The number of rotatable bonds is 6. The topological polar surface area (TPSA) is 83.5 Å². The van der Waals surface area contributed by atoms with Crippen LogP contribution in [0.5, 0.6) is 0 Å². The number of halogens is 1. The molecule has 1 saturated carbocycles. The largest absolute Gasteiger partial charge is 0.478 e. The Kier molecular flexibility index (Phi) is 4.36. The third-order valence-electron chi connectivity index (χ3n) is 3.36. The van der Waals surface area contributed by atoms with Crippen LogP contribution < -0.4 is 4.72 Å². The third-order valence-corrected chi connectivity index (χ3v) is 5.33. The number of nitrogens with one attached hydrogen (secondary N) is 1. The van der Waals surface area contributed by atoms with E-state index in [1.165, 1.54) is 12.1 Å². The molecule has 0 amide bonds. The molecule has 1 aromatic carbocycles. The number of hydrogen-bond acceptors (Lipinski definition) is 3. The first-order valence-electron chi connectivity index (χ1n) is 6.40. The molecule has 2 atom stereocenters. The Hall–Kier alpha value is -1.11. The molecule has 0 aromatic heterocycles. The molecule has 5 nitrogen and oxygen atoms in total. The molecule has 20 heavy (non-hydrogen) atoms. The third kappa shape index (κ3) is 3.31. The van der Waals surface area contributed by atoms with Crippen molar-refractivity contribution < 1.29 is 18.3 Å². The summed E-state index contributed by atoms with van der Waals surface area (Å²) < 4.78 is 27.1. The van der Waals surface area contributed by atoms with Crippen molar-refractivity contribution in [1.29, 1.82) is 0 Å². The SMILES string of the molecule is CCCC1CC1NS(=O)(=O)c1cc(C(=O)O)ccc1Cl. The van der Waals surface area contributed by atoms with Crippen LogP contribution in [0.15, 0.2) is 23.1 Å². The van der Waals surface area contributed by atoms with Gasteiger partial charge in [-0.25, -0.2) is 17.9 Å². The first kappa shape index (κ1) is 15.3. The Morgan fingerprint density at radius 1 is 1.50 bits per heavy atom. The Bertz CT molecular complexity index is 629. The fraction of sp³-hybridized carbons (Fsp3) is 0.462. The highest BCUT2D eigenvalue weighted by atomic mass is 35.5. The maximum Gasteiger partial charge on any atom is 0.335 e. The number of hydrogen-bond donors (Lipinski definition) is 2. The van der Waals surface area contributed by atoms with Crippen molar-refractivity contribution in [1.82, 2.24) is 4.72 Å². The molecule has 1 aliphatic carbocycles. The van der Waals surface area contributed by atoms with Crippen LogP contribution in [-0.2, 0) is 10.0 Å². The van der Waals surface area contributed by atoms with Crippen molar-refractivity contribution in [2.24, 2.45) is 5.92 Å². The van der Waals surface area contributed by atoms with Gasteiger partial charge in [0, 0.05) is 6.04 Å². The summed E-state index contributed by atoms with van der Waals surface area (Å²) in [5.74, 6) is -0.815. The van der Waals surface area contributed by atoms with Crippen LogP contribution >= 0.6 is 11.6 Å². The smallest absolute Gasteiger partial charge is 0.335 e. The molecule has 0 aliphatic heterocycles. The Morgan fingerprint density at radius 3 is 2.80 bits per heavy atom. The summed E-state index contributed by atoms with van der Waals surface area (Å²) in [6, 6.07) is 3.59. The first-order chi connectivity index (χ1) is 9.35. The highest BCUT2D eigenvalue weighted by Crippen LogP contribution is 2.36. The maximum absolute atomic E-state index is 12.2. The Morgan fingerprint density at radius 2 is 2.20 bits per heavy atom. The molecule has 1 aromatic rings. The van der Waals surface area contributed by atoms with Gasteiger partial charge in [-0.2, -0.15) is 0 Å². The second-order valence-corrected chi connectivity index (χ2v) is 7.05. The fourth-order valence-corrected chi connectivity index (χ4v) is 4.03. The summed E-state index contributed by atoms with van der Waals surface area (Å²) in [6.07, 6.45) is 2.82. The van der Waals surface area contributed by atoms with E-state index in [0.717, 1.165) is 25.3 Å². The molecule has 2 rings (SSSR count). The average molecular weight is 318 g/mol. The van der Waals surface area contributed by atoms with Crippen molar-refractivity contribution in [2.75, 3.05) is 0 Å². The number of aromatic carboxylic acids is 1. The lowest BCUT2D eigenvalue weighted by Crippen LogP contribution is -2.27. The van der Waals surface area contributed by atoms with Crippen LogP contribution in [0.25, 0.3) is 0 Å². The number of carboxylic acids is 1. The highest BCUT2D eigenvalue weighted by Gasteiger charge is 2.39. The van der Waals surface area contributed by atoms with Gasteiger partial charge in [0.1, 0.15) is 4.90 Å². The Balaban J connectivity index is 2.21. The van der Waals surface area contributed by atoms with Gasteiger partial charge in [0.2, 0.25) is 10.0 Å². The van der Waals surface area contributed by atoms with Crippen molar-refractivity contribution in [3.63, 3.8) is 0 Å². The van der Waals surface area contributed by atoms with Crippen LogP contribution in [0.1, 0.15) is 36.5 Å². The monoisotopic (exact) mass is 317 g/mol. The van der Waals surface area contributed by atoms with Gasteiger partial charge in [-0.05, 0) is 37.0 Å². The summed E-state index contributed by atoms with van der Waals surface area (Å²) in [5.41, 5.74) is -0.101. The maximum atomic E-state index is 12.2. The van der Waals surface area contributed by atoms with E-state index >= 15 is 0 Å². The summed E-state index contributed by atoms with van der Waals surface area (Å²) in [4.78, 5) is 10.7. The van der Waals surface area contributed by atoms with Crippen LogP contribution in [0, 0.1) is 5.92 Å². The quantitative estimate of drug-likeness (QED) is 0.844. The standard InChI is InChI=1S/C13H16ClNO4S/c1-2-3-8-6-11(8)15-20(18,19)12-7-9(13(16)17)4-5-10(12)14/h4-5,7-8,11,15H,2-3,6H2,1H3,(H,16,17). The van der Waals surface area contributed by atoms with E-state index in [2.05, 4.69) is 11.6 Å². The molecule has 1 fully saturated rings. The average Bonchev–Trinajstić information content (AvgIpc) is 3.06. The molecule has 0 heterocycles. The van der Waals surface area contributed by atoms with E-state index in [-0.39, 0.29) is 21.5 Å². The van der Waals surface area contributed by atoms with Gasteiger partial charge >= 0.3 is 5.97 Å². The highest BCUT2D eigenvalue weighted by molar-refractivity contribution is 7.89. The van der Waals surface area contributed by atoms with E-state index in [0.29, 0.717) is 5.92 Å². The van der Waals surface area contributed by atoms with E-state index in [1.54, 1.807) is 0 Å². The summed E-state index contributed by atoms with van der Waals surface area (Å²) in [6.45, 7) is 2.05. The van der Waals surface area contributed by atoms with Crippen LogP contribution in [-0.4, -0.2) is 25.5 Å². The Labute approximate surface area is 123 Å². The molecule has 1 aliphatic rings. The second-order valence-electron chi connectivity index (χ2n) is 4.96. The van der Waals surface area contributed by atoms with Gasteiger partial charge in [-0.3, -0.25) is 0 Å². The van der Waals surface area contributed by atoms with Gasteiger partial charge in [0.05, 0.1) is 10.6 Å². The zero-order valence-corrected chi connectivity index (χ0v) is 12.5. The van der Waals surface area contributed by atoms with E-state index < -0.39 is 16.0 Å². The van der Waals surface area contributed by atoms with Crippen molar-refractivity contribution >= 4 is 27.6 Å². The molecule has 110 valence electrons. The predicted octanol–water partition coefficient (Wildman–Crippen LogP) is 2.51. The van der Waals surface area contributed by atoms with Crippen molar-refractivity contribution in [2.45, 2.75) is 37.1 Å². The van der Waals surface area contributed by atoms with E-state index in [4.69, 9.17) is 16.7 Å². The van der Waals surface area contributed by atoms with Gasteiger partial charge in [-0.1, -0.05) is 24.9 Å². The molecular weight excluding hydrogens is 302 g/mol. The fourth-order valence-electron chi connectivity index (χ4n) is 2.19. The molecule has 0 bridgehead atoms. The molecule has 2 unspecified atom stereocenters.